The number of hydrogen-bond acceptors (Lipinski definition) is 5. The Morgan fingerprint density at radius 3 is 2.95 bits per heavy atom. The first-order valence-corrected chi connectivity index (χ1v) is 5.46. The van der Waals surface area contributed by atoms with Crippen LogP contribution in [0.15, 0.2) is 32.5 Å². The summed E-state index contributed by atoms with van der Waals surface area (Å²) in [5, 5.41) is -0.119. The molecule has 100 valence electrons. The highest BCUT2D eigenvalue weighted by Crippen LogP contribution is 2.09. The molecule has 9 heteroatoms. The van der Waals surface area contributed by atoms with Gasteiger partial charge >= 0.3 is 5.69 Å². The van der Waals surface area contributed by atoms with Crippen LogP contribution in [-0.4, -0.2) is 15.5 Å². The molecule has 0 saturated carbocycles. The van der Waals surface area contributed by atoms with E-state index in [1.54, 1.807) is 0 Å². The van der Waals surface area contributed by atoms with Gasteiger partial charge in [0.1, 0.15) is 17.0 Å². The molecule has 4 N–H and O–H groups in total. The van der Waals surface area contributed by atoms with E-state index in [2.05, 4.69) is 0 Å². The van der Waals surface area contributed by atoms with Gasteiger partial charge < -0.3 is 4.42 Å². The van der Waals surface area contributed by atoms with Crippen LogP contribution < -0.4 is 22.5 Å². The maximum Gasteiger partial charge on any atom is 0.328 e. The zero-order valence-electron chi connectivity index (χ0n) is 9.47. The van der Waals surface area contributed by atoms with Crippen LogP contribution in [0.25, 0.3) is 0 Å². The smallest absolute Gasteiger partial charge is 0.328 e. The van der Waals surface area contributed by atoms with Gasteiger partial charge in [-0.1, -0.05) is 11.6 Å². The Kier molecular flexibility index (Phi) is 3.54. The topological polar surface area (TPSA) is 123 Å². The monoisotopic (exact) mass is 284 g/mol. The first kappa shape index (κ1) is 13.1. The number of nitrogens with one attached hydrogen (secondary N) is 2. The van der Waals surface area contributed by atoms with Crippen LogP contribution in [0.3, 0.4) is 0 Å². The van der Waals surface area contributed by atoms with Crippen LogP contribution in [0, 0.1) is 0 Å². The van der Waals surface area contributed by atoms with Crippen LogP contribution in [0.5, 0.6) is 0 Å². The lowest BCUT2D eigenvalue weighted by molar-refractivity contribution is 0.0953. The van der Waals surface area contributed by atoms with Gasteiger partial charge in [-0.15, -0.1) is 0 Å². The third-order valence-electron chi connectivity index (χ3n) is 2.34. The minimum Gasteiger partial charge on any atom is -0.467 e. The van der Waals surface area contributed by atoms with E-state index >= 15 is 0 Å². The Morgan fingerprint density at radius 2 is 2.26 bits per heavy atom. The molecule has 8 nitrogen and oxygen atoms in total. The molecule has 0 aromatic carbocycles. The molecule has 0 saturated heterocycles. The summed E-state index contributed by atoms with van der Waals surface area (Å²) in [6.45, 7) is 0.0210. The van der Waals surface area contributed by atoms with Gasteiger partial charge in [0.2, 0.25) is 0 Å². The van der Waals surface area contributed by atoms with Crippen LogP contribution >= 0.6 is 11.6 Å². The number of nitrogens with two attached hydrogens (primary N) is 1. The minimum atomic E-state index is -0.662. The van der Waals surface area contributed by atoms with E-state index in [-0.39, 0.29) is 17.1 Å². The summed E-state index contributed by atoms with van der Waals surface area (Å²) in [6.07, 6.45) is 2.39. The van der Waals surface area contributed by atoms with Gasteiger partial charge in [-0.2, -0.15) is 0 Å². The summed E-state index contributed by atoms with van der Waals surface area (Å²) in [4.78, 5) is 35.8. The van der Waals surface area contributed by atoms with E-state index < -0.39 is 17.2 Å². The van der Waals surface area contributed by atoms with E-state index in [9.17, 15) is 14.4 Å². The lowest BCUT2D eigenvalue weighted by Gasteiger charge is -2.02. The molecule has 0 aliphatic carbocycles. The predicted molar refractivity (Wildman–Crippen MR) is 65.8 cm³/mol. The molecule has 0 unspecified atom stereocenters. The molecule has 19 heavy (non-hydrogen) atoms. The van der Waals surface area contributed by atoms with Crippen molar-refractivity contribution < 1.29 is 9.21 Å². The van der Waals surface area contributed by atoms with Crippen molar-refractivity contribution >= 4 is 17.5 Å². The highest BCUT2D eigenvalue weighted by atomic mass is 35.5. The van der Waals surface area contributed by atoms with E-state index in [1.807, 2.05) is 10.4 Å². The Morgan fingerprint density at radius 1 is 1.53 bits per heavy atom. The summed E-state index contributed by atoms with van der Waals surface area (Å²) >= 11 is 5.62. The first-order valence-electron chi connectivity index (χ1n) is 5.09. The van der Waals surface area contributed by atoms with Crippen molar-refractivity contribution in [3.63, 3.8) is 0 Å². The fourth-order valence-electron chi connectivity index (χ4n) is 1.43. The molecule has 0 radical (unpaired) electrons. The second-order valence-corrected chi connectivity index (χ2v) is 4.05. The molecule has 0 bridgehead atoms. The highest BCUT2D eigenvalue weighted by molar-refractivity contribution is 6.30. The van der Waals surface area contributed by atoms with Crippen molar-refractivity contribution in [1.82, 2.24) is 15.0 Å². The molecular weight excluding hydrogens is 276 g/mol. The molecular formula is C10H9ClN4O4. The van der Waals surface area contributed by atoms with Crippen molar-refractivity contribution in [1.29, 1.82) is 0 Å². The zero-order valence-corrected chi connectivity index (χ0v) is 10.2. The minimum absolute atomic E-state index is 0.0210. The summed E-state index contributed by atoms with van der Waals surface area (Å²) in [5.74, 6) is 4.80. The quantitative estimate of drug-likeness (QED) is 0.396. The Labute approximate surface area is 110 Å². The molecule has 0 atom stereocenters. The molecule has 0 aliphatic heterocycles. The number of carbonyl (C=O) groups is 1. The van der Waals surface area contributed by atoms with Crippen molar-refractivity contribution in [3.8, 4) is 0 Å². The third kappa shape index (κ3) is 2.75. The van der Waals surface area contributed by atoms with E-state index in [0.29, 0.717) is 5.76 Å². The number of hydrazine groups is 1. The van der Waals surface area contributed by atoms with Gasteiger partial charge in [0.25, 0.3) is 11.5 Å². The van der Waals surface area contributed by atoms with E-state index in [1.165, 1.54) is 18.5 Å². The van der Waals surface area contributed by atoms with Gasteiger partial charge in [-0.25, -0.2) is 10.6 Å². The number of nitrogens with zero attached hydrogens (tertiary/aromatic N) is 1. The number of carbonyl (C=O) groups excluding carboxylic acids is 1. The summed E-state index contributed by atoms with van der Waals surface area (Å²) < 4.78 is 6.25. The van der Waals surface area contributed by atoms with Crippen molar-refractivity contribution in [3.05, 3.63) is 55.7 Å². The fraction of sp³-hybridized carbons (Fsp3) is 0.100. The number of nitrogen functional groups attached to an aromatic ring is 1. The van der Waals surface area contributed by atoms with Gasteiger partial charge in [0.15, 0.2) is 0 Å². The summed E-state index contributed by atoms with van der Waals surface area (Å²) in [6, 6.07) is 1.42. The summed E-state index contributed by atoms with van der Waals surface area (Å²) in [7, 11) is 0. The second-order valence-electron chi connectivity index (χ2n) is 3.64. The molecule has 0 fully saturated rings. The third-order valence-corrected chi connectivity index (χ3v) is 2.61. The first-order chi connectivity index (χ1) is 9.01. The number of halogens is 1. The lowest BCUT2D eigenvalue weighted by Crippen LogP contribution is -2.30. The molecule has 2 rings (SSSR count). The van der Waals surface area contributed by atoms with Gasteiger partial charge in [0, 0.05) is 6.20 Å². The predicted octanol–water partition coefficient (Wildman–Crippen LogP) is -0.565. The number of furan rings is 1. The highest BCUT2D eigenvalue weighted by Gasteiger charge is 2.10. The number of hydrogen-bond donors (Lipinski definition) is 3. The SMILES string of the molecule is NNC(=O)c1coc(Cn2cc(Cl)c(=O)[nH]c2=O)c1. The van der Waals surface area contributed by atoms with Gasteiger partial charge in [-0.05, 0) is 6.07 Å². The average molecular weight is 285 g/mol. The van der Waals surface area contributed by atoms with Crippen molar-refractivity contribution in [2.45, 2.75) is 6.54 Å². The number of aromatic nitrogens is 2. The van der Waals surface area contributed by atoms with Crippen molar-refractivity contribution in [2.75, 3.05) is 0 Å². The van der Waals surface area contributed by atoms with Crippen LogP contribution in [0.4, 0.5) is 0 Å². The van der Waals surface area contributed by atoms with Crippen molar-refractivity contribution in [2.24, 2.45) is 5.84 Å². The van der Waals surface area contributed by atoms with Gasteiger partial charge in [0.05, 0.1) is 12.1 Å². The largest absolute Gasteiger partial charge is 0.467 e. The lowest BCUT2D eigenvalue weighted by atomic mass is 10.3. The Hall–Kier alpha value is -2.32. The molecule has 0 aliphatic rings. The van der Waals surface area contributed by atoms with Crippen LogP contribution in [0.2, 0.25) is 5.02 Å². The molecule has 2 aromatic heterocycles. The van der Waals surface area contributed by atoms with Crippen LogP contribution in [-0.2, 0) is 6.54 Å². The number of rotatable bonds is 3. The van der Waals surface area contributed by atoms with E-state index in [4.69, 9.17) is 21.9 Å². The second kappa shape index (κ2) is 5.12. The van der Waals surface area contributed by atoms with Crippen LogP contribution in [0.1, 0.15) is 16.1 Å². The Bertz CT molecular complexity index is 730. The zero-order chi connectivity index (χ0) is 14.0. The molecule has 2 aromatic rings. The summed E-state index contributed by atoms with van der Waals surface area (Å²) in [5.41, 5.74) is 0.883. The molecule has 0 spiro atoms. The van der Waals surface area contributed by atoms with E-state index in [0.717, 1.165) is 4.57 Å². The number of H-pyrrole nitrogens is 1. The number of amides is 1. The number of aromatic amines is 1. The maximum atomic E-state index is 11.5. The normalized spacial score (nSPS) is 10.4. The molecule has 2 heterocycles. The maximum absolute atomic E-state index is 11.5. The fourth-order valence-corrected chi connectivity index (χ4v) is 1.60. The van der Waals surface area contributed by atoms with Gasteiger partial charge in [-0.3, -0.25) is 24.6 Å². The average Bonchev–Trinajstić information content (AvgIpc) is 2.83. The Balaban J connectivity index is 2.29. The molecule has 1 amide bonds. The standard InChI is InChI=1S/C10H9ClN4O4/c11-7-3-15(10(18)13-9(7)17)2-6-1-5(4-19-6)8(16)14-12/h1,3-4H,2,12H2,(H,14,16)(H,13,17,18).